The fourth-order valence-corrected chi connectivity index (χ4v) is 3.61. The van der Waals surface area contributed by atoms with Crippen molar-refractivity contribution in [3.05, 3.63) is 88.4 Å². The quantitative estimate of drug-likeness (QED) is 0.261. The lowest BCUT2D eigenvalue weighted by atomic mass is 10.1. The van der Waals surface area contributed by atoms with Crippen LogP contribution < -0.4 is 16.5 Å². The van der Waals surface area contributed by atoms with Crippen LogP contribution in [0, 0.1) is 0 Å². The molecule has 0 aliphatic carbocycles. The van der Waals surface area contributed by atoms with Gasteiger partial charge in [0.2, 0.25) is 5.91 Å². The number of nitrogens with two attached hydrogens (primary N) is 1. The average molecular weight is 508 g/mol. The number of primary amides is 1. The van der Waals surface area contributed by atoms with E-state index in [1.54, 1.807) is 41.1 Å². The topological polar surface area (TPSA) is 132 Å². The molecule has 2 aromatic carbocycles. The molecule has 0 spiro atoms. The summed E-state index contributed by atoms with van der Waals surface area (Å²) in [5.74, 6) is -1.37. The fraction of sp³-hybridized carbons (Fsp3) is 0.0435. The van der Waals surface area contributed by atoms with E-state index in [9.17, 15) is 14.4 Å². The van der Waals surface area contributed by atoms with E-state index < -0.39 is 17.7 Å². The van der Waals surface area contributed by atoms with Crippen LogP contribution in [0.4, 0.5) is 5.69 Å². The molecule has 0 radical (unpaired) electrons. The summed E-state index contributed by atoms with van der Waals surface area (Å²) < 4.78 is 7.38. The molecule has 0 aliphatic heterocycles. The Bertz CT molecular complexity index is 1390. The second-order valence-electron chi connectivity index (χ2n) is 7.00. The Kier molecular flexibility index (Phi) is 6.36. The number of rotatable bonds is 7. The molecule has 0 saturated heterocycles. The lowest BCUT2D eigenvalue weighted by Gasteiger charge is -2.08. The van der Waals surface area contributed by atoms with Crippen molar-refractivity contribution < 1.29 is 18.8 Å². The number of hydrogen-bond acceptors (Lipinski definition) is 5. The maximum absolute atomic E-state index is 12.7. The highest BCUT2D eigenvalue weighted by Crippen LogP contribution is 2.21. The minimum absolute atomic E-state index is 0.0278. The van der Waals surface area contributed by atoms with Gasteiger partial charge in [0.05, 0.1) is 17.5 Å². The summed E-state index contributed by atoms with van der Waals surface area (Å²) in [6, 6.07) is 17.1. The fourth-order valence-electron chi connectivity index (χ4n) is 3.31. The average Bonchev–Trinajstić information content (AvgIpc) is 3.38. The first-order valence-electron chi connectivity index (χ1n) is 9.77. The molecule has 0 fully saturated rings. The van der Waals surface area contributed by atoms with Gasteiger partial charge in [-0.1, -0.05) is 30.3 Å². The predicted molar refractivity (Wildman–Crippen MR) is 127 cm³/mol. The van der Waals surface area contributed by atoms with E-state index >= 15 is 0 Å². The molecule has 33 heavy (non-hydrogen) atoms. The molecular formula is C23H18BrN5O4. The van der Waals surface area contributed by atoms with Crippen LogP contribution in [0.5, 0.6) is 0 Å². The maximum atomic E-state index is 12.7. The van der Waals surface area contributed by atoms with Crippen LogP contribution in [0.2, 0.25) is 0 Å². The Labute approximate surface area is 196 Å². The Balaban J connectivity index is 1.51. The van der Waals surface area contributed by atoms with Gasteiger partial charge in [0.1, 0.15) is 6.54 Å². The standard InChI is InChI=1S/C23H18BrN5O4/c24-20-10-9-19(33-20)23(32)27-17-7-3-1-6-16(17)22(31)28-26-11-14-12-29(13-21(25)30)18-8-4-2-5-15(14)18/h1-12H,13H2,(H2,25,30)(H,27,32)(H,28,31). The van der Waals surface area contributed by atoms with Gasteiger partial charge in [-0.05, 0) is 46.3 Å². The molecule has 2 heterocycles. The minimum atomic E-state index is -0.511. The van der Waals surface area contributed by atoms with Crippen molar-refractivity contribution in [3.8, 4) is 0 Å². The zero-order valence-electron chi connectivity index (χ0n) is 17.1. The summed E-state index contributed by atoms with van der Waals surface area (Å²) in [5, 5.41) is 7.57. The predicted octanol–water partition coefficient (Wildman–Crippen LogP) is 3.50. The third kappa shape index (κ3) is 5.01. The number of hydrogen-bond donors (Lipinski definition) is 3. The van der Waals surface area contributed by atoms with Crippen LogP contribution in [-0.4, -0.2) is 28.5 Å². The Hall–Kier alpha value is -4.18. The molecular weight excluding hydrogens is 490 g/mol. The van der Waals surface area contributed by atoms with E-state index in [-0.39, 0.29) is 17.9 Å². The van der Waals surface area contributed by atoms with E-state index in [4.69, 9.17) is 10.2 Å². The number of aromatic nitrogens is 1. The molecule has 0 unspecified atom stereocenters. The lowest BCUT2D eigenvalue weighted by molar-refractivity contribution is -0.118. The first-order chi connectivity index (χ1) is 15.9. The number of furan rings is 1. The zero-order valence-corrected chi connectivity index (χ0v) is 18.7. The molecule has 4 rings (SSSR count). The summed E-state index contributed by atoms with van der Waals surface area (Å²) in [7, 11) is 0. The highest BCUT2D eigenvalue weighted by Gasteiger charge is 2.16. The van der Waals surface area contributed by atoms with Crippen LogP contribution in [-0.2, 0) is 11.3 Å². The van der Waals surface area contributed by atoms with Gasteiger partial charge in [0.25, 0.3) is 11.8 Å². The molecule has 166 valence electrons. The van der Waals surface area contributed by atoms with E-state index in [1.165, 1.54) is 12.3 Å². The van der Waals surface area contributed by atoms with Gasteiger partial charge in [-0.3, -0.25) is 14.4 Å². The highest BCUT2D eigenvalue weighted by atomic mass is 79.9. The van der Waals surface area contributed by atoms with E-state index in [0.717, 1.165) is 10.9 Å². The number of benzene rings is 2. The van der Waals surface area contributed by atoms with Gasteiger partial charge >= 0.3 is 0 Å². The number of carbonyl (C=O) groups excluding carboxylic acids is 3. The SMILES string of the molecule is NC(=O)Cn1cc(C=NNC(=O)c2ccccc2NC(=O)c2ccc(Br)o2)c2ccccc21. The van der Waals surface area contributed by atoms with Crippen molar-refractivity contribution in [3.63, 3.8) is 0 Å². The summed E-state index contributed by atoms with van der Waals surface area (Å²) in [4.78, 5) is 36.5. The first-order valence-corrected chi connectivity index (χ1v) is 10.6. The van der Waals surface area contributed by atoms with Gasteiger partial charge in [-0.15, -0.1) is 0 Å². The molecule has 4 N–H and O–H groups in total. The van der Waals surface area contributed by atoms with E-state index in [1.807, 2.05) is 24.3 Å². The second kappa shape index (κ2) is 9.53. The zero-order chi connectivity index (χ0) is 23.4. The number of carbonyl (C=O) groups is 3. The van der Waals surface area contributed by atoms with Crippen LogP contribution in [0.15, 0.2) is 81.0 Å². The van der Waals surface area contributed by atoms with Crippen molar-refractivity contribution >= 4 is 56.5 Å². The number of anilines is 1. The summed E-state index contributed by atoms with van der Waals surface area (Å²) >= 11 is 3.15. The summed E-state index contributed by atoms with van der Waals surface area (Å²) in [5.41, 5.74) is 9.85. The summed E-state index contributed by atoms with van der Waals surface area (Å²) in [6.07, 6.45) is 3.22. The van der Waals surface area contributed by atoms with Crippen molar-refractivity contribution in [2.45, 2.75) is 6.54 Å². The Morgan fingerprint density at radius 3 is 2.55 bits per heavy atom. The maximum Gasteiger partial charge on any atom is 0.291 e. The molecule has 2 aromatic heterocycles. The number of fused-ring (bicyclic) bond motifs is 1. The van der Waals surface area contributed by atoms with Gasteiger partial charge in [0.15, 0.2) is 10.4 Å². The van der Waals surface area contributed by atoms with Gasteiger partial charge in [-0.25, -0.2) is 5.43 Å². The molecule has 4 aromatic rings. The molecule has 0 atom stereocenters. The third-order valence-corrected chi connectivity index (χ3v) is 5.16. The number of hydrazone groups is 1. The first kappa shape index (κ1) is 22.0. The van der Waals surface area contributed by atoms with Crippen LogP contribution in [0.25, 0.3) is 10.9 Å². The monoisotopic (exact) mass is 507 g/mol. The van der Waals surface area contributed by atoms with Gasteiger partial charge in [0, 0.05) is 22.7 Å². The molecule has 0 bridgehead atoms. The molecule has 10 heteroatoms. The number of para-hydroxylation sites is 2. The van der Waals surface area contributed by atoms with E-state index in [0.29, 0.717) is 15.9 Å². The highest BCUT2D eigenvalue weighted by molar-refractivity contribution is 9.10. The normalized spacial score (nSPS) is 11.1. The second-order valence-corrected chi connectivity index (χ2v) is 7.78. The van der Waals surface area contributed by atoms with Crippen molar-refractivity contribution in [1.29, 1.82) is 0 Å². The smallest absolute Gasteiger partial charge is 0.291 e. The lowest BCUT2D eigenvalue weighted by Crippen LogP contribution is -2.21. The molecule has 0 saturated carbocycles. The number of amides is 3. The van der Waals surface area contributed by atoms with Crippen molar-refractivity contribution in [2.75, 3.05) is 5.32 Å². The number of halogens is 1. The van der Waals surface area contributed by atoms with Crippen molar-refractivity contribution in [2.24, 2.45) is 10.8 Å². The van der Waals surface area contributed by atoms with Crippen LogP contribution in [0.3, 0.4) is 0 Å². The third-order valence-electron chi connectivity index (χ3n) is 4.73. The van der Waals surface area contributed by atoms with Crippen molar-refractivity contribution in [1.82, 2.24) is 9.99 Å². The summed E-state index contributed by atoms with van der Waals surface area (Å²) in [6.45, 7) is 0.0278. The minimum Gasteiger partial charge on any atom is -0.444 e. The van der Waals surface area contributed by atoms with Crippen LogP contribution >= 0.6 is 15.9 Å². The number of nitrogens with zero attached hydrogens (tertiary/aromatic N) is 2. The van der Waals surface area contributed by atoms with Gasteiger partial charge < -0.3 is 20.0 Å². The van der Waals surface area contributed by atoms with E-state index in [2.05, 4.69) is 31.8 Å². The molecule has 9 nitrogen and oxygen atoms in total. The number of nitrogens with one attached hydrogen (secondary N) is 2. The molecule has 3 amide bonds. The molecule has 0 aliphatic rings. The van der Waals surface area contributed by atoms with Crippen LogP contribution in [0.1, 0.15) is 26.5 Å². The largest absolute Gasteiger partial charge is 0.444 e. The Morgan fingerprint density at radius 1 is 1.03 bits per heavy atom. The Morgan fingerprint density at radius 2 is 1.79 bits per heavy atom. The van der Waals surface area contributed by atoms with Gasteiger partial charge in [-0.2, -0.15) is 5.10 Å².